The first-order chi connectivity index (χ1) is 23.7. The average molecular weight is 728 g/mol. The zero-order valence-electron chi connectivity index (χ0n) is 26.1. The molecule has 2 aliphatic heterocycles. The van der Waals surface area contributed by atoms with E-state index in [1.54, 1.807) is 54.6 Å². The number of benzene rings is 2. The van der Waals surface area contributed by atoms with Crippen LogP contribution >= 0.6 is 23.2 Å². The highest BCUT2D eigenvalue weighted by atomic mass is 35.5. The van der Waals surface area contributed by atoms with Gasteiger partial charge < -0.3 is 5.11 Å². The van der Waals surface area contributed by atoms with Crippen LogP contribution in [-0.4, -0.2) is 40.8 Å². The second kappa shape index (κ2) is 11.8. The van der Waals surface area contributed by atoms with Crippen molar-refractivity contribution in [2.24, 2.45) is 13.0 Å². The van der Waals surface area contributed by atoms with Gasteiger partial charge in [-0.05, 0) is 47.7 Å². The highest BCUT2D eigenvalue weighted by Gasteiger charge is 2.69. The highest BCUT2D eigenvalue weighted by molar-refractivity contribution is 6.33. The van der Waals surface area contributed by atoms with Crippen LogP contribution in [0.5, 0.6) is 5.75 Å². The summed E-state index contributed by atoms with van der Waals surface area (Å²) in [4.78, 5) is 60.1. The number of alkyl halides is 3. The molecule has 4 atom stereocenters. The van der Waals surface area contributed by atoms with Gasteiger partial charge in [-0.25, -0.2) is 28.5 Å². The maximum absolute atomic E-state index is 15.2. The molecule has 1 aliphatic carbocycles. The minimum atomic E-state index is -4.75. The molecule has 2 amide bonds. The number of nitrogens with one attached hydrogen (secondary N) is 1. The lowest BCUT2D eigenvalue weighted by atomic mass is 9.53. The third-order valence-corrected chi connectivity index (χ3v) is 10.4. The first-order valence-electron chi connectivity index (χ1n) is 15.4. The molecule has 258 valence electrons. The standard InChI is InChI=1S/C34H27Cl2F3N6O5/c1-3-5-17-6-4-7-22(27(17)46)26-21-12-13-43-31(49)42(2)32(50)45(43)25(21)15-23-29(47)44(30(48)33(23,26)18-8-10-20(35)11-9-18)41-28-24(36)14-19(16-40-28)34(37,38)39/h3-4,6-12,14,16,23,25-26,46H,1,5,13,15H2,2H3,(H,40,41)/t23-,25+,26+,33+/m0/s1. The van der Waals surface area contributed by atoms with Crippen molar-refractivity contribution >= 4 is 40.8 Å². The molecule has 0 unspecified atom stereocenters. The molecular weight excluding hydrogens is 700 g/mol. The Morgan fingerprint density at radius 3 is 2.48 bits per heavy atom. The molecule has 0 spiro atoms. The molecule has 16 heteroatoms. The van der Waals surface area contributed by atoms with Gasteiger partial charge in [0.15, 0.2) is 5.82 Å². The summed E-state index contributed by atoms with van der Waals surface area (Å²) >= 11 is 12.5. The monoisotopic (exact) mass is 726 g/mol. The number of allylic oxidation sites excluding steroid dienone is 3. The number of hydrogen-bond donors (Lipinski definition) is 2. The molecule has 11 nitrogen and oxygen atoms in total. The number of fused-ring (bicyclic) bond motifs is 4. The van der Waals surface area contributed by atoms with Crippen molar-refractivity contribution in [3.05, 3.63) is 132 Å². The van der Waals surface area contributed by atoms with E-state index < -0.39 is 63.2 Å². The number of phenols is 1. The largest absolute Gasteiger partial charge is 0.507 e. The molecule has 3 aliphatic rings. The van der Waals surface area contributed by atoms with Crippen molar-refractivity contribution in [1.82, 2.24) is 23.9 Å². The van der Waals surface area contributed by atoms with Gasteiger partial charge in [-0.1, -0.05) is 65.7 Å². The van der Waals surface area contributed by atoms with Gasteiger partial charge in [0.05, 0.1) is 34.5 Å². The van der Waals surface area contributed by atoms with Crippen LogP contribution in [0.1, 0.15) is 40.6 Å². The zero-order valence-corrected chi connectivity index (χ0v) is 27.6. The van der Waals surface area contributed by atoms with E-state index in [4.69, 9.17) is 23.2 Å². The molecule has 50 heavy (non-hydrogen) atoms. The van der Waals surface area contributed by atoms with Crippen molar-refractivity contribution in [2.45, 2.75) is 42.9 Å². The number of amides is 2. The summed E-state index contributed by atoms with van der Waals surface area (Å²) in [7, 11) is 1.34. The van der Waals surface area contributed by atoms with Gasteiger partial charge in [0, 0.05) is 29.7 Å². The fraction of sp³-hybridized carbons (Fsp3) is 0.265. The molecule has 7 rings (SSSR count). The Bertz CT molecular complexity index is 2260. The molecule has 0 radical (unpaired) electrons. The number of carbonyl (C=O) groups is 2. The summed E-state index contributed by atoms with van der Waals surface area (Å²) in [5.74, 6) is -4.50. The number of halogens is 5. The molecule has 1 saturated heterocycles. The van der Waals surface area contributed by atoms with Crippen molar-refractivity contribution in [3.63, 3.8) is 0 Å². The maximum Gasteiger partial charge on any atom is 0.417 e. The van der Waals surface area contributed by atoms with Crippen LogP contribution in [0.3, 0.4) is 0 Å². The number of phenolic OH excluding ortho intramolecular Hbond substituents is 1. The molecule has 1 saturated carbocycles. The van der Waals surface area contributed by atoms with Crippen molar-refractivity contribution in [3.8, 4) is 5.75 Å². The number of carbonyl (C=O) groups excluding carboxylic acids is 2. The lowest BCUT2D eigenvalue weighted by Crippen LogP contribution is -2.53. The molecule has 2 aromatic heterocycles. The van der Waals surface area contributed by atoms with E-state index in [2.05, 4.69) is 17.0 Å². The number of pyridine rings is 1. The number of hydrazine groups is 1. The SMILES string of the molecule is C=CCc1cccc([C@H]2C3=CCn4c(=O)n(C)c(=O)n4[C@@H]3C[C@H]3C(=O)N(Nc4ncc(C(F)(F)F)cc4Cl)C(=O)[C@@]23c2ccc(Cl)cc2)c1O. The van der Waals surface area contributed by atoms with E-state index in [0.717, 1.165) is 4.57 Å². The van der Waals surface area contributed by atoms with Gasteiger partial charge in [0.2, 0.25) is 0 Å². The number of para-hydroxylation sites is 1. The minimum absolute atomic E-state index is 0.0408. The van der Waals surface area contributed by atoms with Crippen LogP contribution < -0.4 is 16.8 Å². The van der Waals surface area contributed by atoms with Gasteiger partial charge in [0.1, 0.15) is 5.75 Å². The first kappa shape index (κ1) is 33.4. The zero-order chi connectivity index (χ0) is 35.9. The van der Waals surface area contributed by atoms with Gasteiger partial charge in [0.25, 0.3) is 11.8 Å². The Morgan fingerprint density at radius 1 is 1.10 bits per heavy atom. The average Bonchev–Trinajstić information content (AvgIpc) is 3.43. The number of hydrogen-bond acceptors (Lipinski definition) is 7. The van der Waals surface area contributed by atoms with E-state index in [1.165, 1.54) is 16.4 Å². The first-order valence-corrected chi connectivity index (χ1v) is 16.1. The number of aromatic hydroxyl groups is 1. The van der Waals surface area contributed by atoms with Gasteiger partial charge in [-0.15, -0.1) is 6.58 Å². The fourth-order valence-corrected chi connectivity index (χ4v) is 8.00. The smallest absolute Gasteiger partial charge is 0.417 e. The highest BCUT2D eigenvalue weighted by Crippen LogP contribution is 2.63. The van der Waals surface area contributed by atoms with Crippen molar-refractivity contribution in [2.75, 3.05) is 5.43 Å². The fourth-order valence-electron chi connectivity index (χ4n) is 7.66. The third kappa shape index (κ3) is 4.76. The van der Waals surface area contributed by atoms with Crippen LogP contribution in [-0.2, 0) is 41.2 Å². The molecule has 4 aromatic rings. The summed E-state index contributed by atoms with van der Waals surface area (Å²) < 4.78 is 43.6. The molecule has 2 N–H and O–H groups in total. The third-order valence-electron chi connectivity index (χ3n) is 9.84. The predicted molar refractivity (Wildman–Crippen MR) is 177 cm³/mol. The lowest BCUT2D eigenvalue weighted by molar-refractivity contribution is -0.139. The number of nitrogens with zero attached hydrogens (tertiary/aromatic N) is 5. The van der Waals surface area contributed by atoms with Crippen LogP contribution in [0.4, 0.5) is 19.0 Å². The minimum Gasteiger partial charge on any atom is -0.507 e. The number of anilines is 1. The topological polar surface area (TPSA) is 131 Å². The van der Waals surface area contributed by atoms with Crippen LogP contribution in [0, 0.1) is 5.92 Å². The van der Waals surface area contributed by atoms with Gasteiger partial charge >= 0.3 is 17.6 Å². The molecular formula is C34H27Cl2F3N6O5. The number of aromatic nitrogens is 4. The molecule has 2 fully saturated rings. The van der Waals surface area contributed by atoms with Crippen molar-refractivity contribution < 1.29 is 27.9 Å². The molecule has 0 bridgehead atoms. The second-order valence-corrected chi connectivity index (χ2v) is 13.2. The van der Waals surface area contributed by atoms with Gasteiger partial charge in [-0.2, -0.15) is 18.2 Å². The van der Waals surface area contributed by atoms with Crippen LogP contribution in [0.15, 0.2) is 88.6 Å². The lowest BCUT2D eigenvalue weighted by Gasteiger charge is -2.49. The summed E-state index contributed by atoms with van der Waals surface area (Å²) in [5, 5.41) is 12.3. The maximum atomic E-state index is 15.2. The van der Waals surface area contributed by atoms with E-state index >= 15 is 4.79 Å². The summed E-state index contributed by atoms with van der Waals surface area (Å²) in [6.07, 6.45) is -0.781. The van der Waals surface area contributed by atoms with E-state index in [-0.39, 0.29) is 36.5 Å². The van der Waals surface area contributed by atoms with E-state index in [0.29, 0.717) is 39.0 Å². The van der Waals surface area contributed by atoms with E-state index in [1.807, 2.05) is 0 Å². The predicted octanol–water partition coefficient (Wildman–Crippen LogP) is 5.12. The van der Waals surface area contributed by atoms with Gasteiger partial charge in [-0.3, -0.25) is 15.0 Å². The Morgan fingerprint density at radius 2 is 1.82 bits per heavy atom. The molecule has 4 heterocycles. The number of imide groups is 1. The Hall–Kier alpha value is -5.08. The van der Waals surface area contributed by atoms with Crippen LogP contribution in [0.25, 0.3) is 0 Å². The Kier molecular flexibility index (Phi) is 7.86. The normalized spacial score (nSPS) is 22.9. The van der Waals surface area contributed by atoms with E-state index in [9.17, 15) is 32.7 Å². The summed E-state index contributed by atoms with van der Waals surface area (Å²) in [6.45, 7) is 3.73. The molecule has 2 aromatic carbocycles. The van der Waals surface area contributed by atoms with Crippen molar-refractivity contribution in [1.29, 1.82) is 0 Å². The quantitative estimate of drug-likeness (QED) is 0.208. The summed E-state index contributed by atoms with van der Waals surface area (Å²) in [5.41, 5.74) is 0.0232. The van der Waals surface area contributed by atoms with Crippen LogP contribution in [0.2, 0.25) is 10.0 Å². The second-order valence-electron chi connectivity index (χ2n) is 12.4. The number of rotatable bonds is 6. The Labute approximate surface area is 291 Å². The Balaban J connectivity index is 1.49. The summed E-state index contributed by atoms with van der Waals surface area (Å²) in [6, 6.07) is 11.0.